The van der Waals surface area contributed by atoms with E-state index in [4.69, 9.17) is 4.42 Å². The predicted molar refractivity (Wildman–Crippen MR) is 144 cm³/mol. The van der Waals surface area contributed by atoms with E-state index < -0.39 is 10.2 Å². The number of aryl methyl sites for hydroxylation is 1. The highest BCUT2D eigenvalue weighted by molar-refractivity contribution is 8.15. The highest BCUT2D eigenvalue weighted by Gasteiger charge is 2.38. The third kappa shape index (κ3) is 6.19. The van der Waals surface area contributed by atoms with Crippen molar-refractivity contribution >= 4 is 46.3 Å². The Labute approximate surface area is 216 Å². The molecule has 2 heterocycles. The molecule has 1 saturated heterocycles. The summed E-state index contributed by atoms with van der Waals surface area (Å²) in [5, 5.41) is 22.0. The van der Waals surface area contributed by atoms with Gasteiger partial charge in [-0.25, -0.2) is 0 Å². The Morgan fingerprint density at radius 1 is 1.22 bits per heavy atom. The van der Waals surface area contributed by atoms with Crippen molar-refractivity contribution in [3.8, 4) is 11.3 Å². The number of thioether (sulfide) groups is 1. The van der Waals surface area contributed by atoms with Crippen LogP contribution in [0.4, 0.5) is 11.4 Å². The lowest BCUT2D eigenvalue weighted by Crippen LogP contribution is -2.33. The van der Waals surface area contributed by atoms with Crippen molar-refractivity contribution in [2.45, 2.75) is 18.6 Å². The van der Waals surface area contributed by atoms with Crippen LogP contribution in [-0.2, 0) is 9.59 Å². The van der Waals surface area contributed by atoms with Gasteiger partial charge in [-0.1, -0.05) is 47.7 Å². The number of rotatable bonds is 9. The van der Waals surface area contributed by atoms with Crippen LogP contribution < -0.4 is 5.32 Å². The molecule has 37 heavy (non-hydrogen) atoms. The van der Waals surface area contributed by atoms with Crippen molar-refractivity contribution < 1.29 is 18.9 Å². The molecular weight excluding hydrogens is 494 g/mol. The van der Waals surface area contributed by atoms with Crippen molar-refractivity contribution in [1.29, 1.82) is 0 Å². The number of hydrogen-bond donors (Lipinski definition) is 1. The quantitative estimate of drug-likeness (QED) is 0.184. The molecule has 1 aliphatic heterocycles. The zero-order chi connectivity index (χ0) is 26.4. The Balaban J connectivity index is 1.45. The second-order valence-corrected chi connectivity index (χ2v) is 9.24. The molecule has 1 unspecified atom stereocenters. The number of anilines is 1. The normalized spacial score (nSPS) is 16.5. The number of para-hydroxylation sites is 1. The molecule has 1 aliphatic rings. The van der Waals surface area contributed by atoms with Gasteiger partial charge in [-0.2, -0.15) is 5.10 Å². The van der Waals surface area contributed by atoms with E-state index in [1.807, 2.05) is 19.1 Å². The van der Waals surface area contributed by atoms with Crippen LogP contribution in [0, 0.1) is 17.0 Å². The Hall–Kier alpha value is -4.51. The van der Waals surface area contributed by atoms with Crippen LogP contribution in [0.15, 0.2) is 87.9 Å². The molecule has 3 aromatic rings. The number of carbonyl (C=O) groups excluding carboxylic acids is 2. The molecule has 0 radical (unpaired) electrons. The number of amides is 2. The highest BCUT2D eigenvalue weighted by Crippen LogP contribution is 2.31. The number of benzene rings is 2. The first-order chi connectivity index (χ1) is 17.9. The third-order valence-corrected chi connectivity index (χ3v) is 6.52. The lowest BCUT2D eigenvalue weighted by Gasteiger charge is -2.12. The van der Waals surface area contributed by atoms with Gasteiger partial charge in [0.1, 0.15) is 16.8 Å². The SMILES string of the molecule is C=CCN1C(=O)C(CC(=O)Nc2ccc(C)cc2)S/C1=N\N=C\c1ccc(-c2ccccc2[N+](=O)[O-])o1. The van der Waals surface area contributed by atoms with E-state index in [9.17, 15) is 19.7 Å². The van der Waals surface area contributed by atoms with Gasteiger partial charge >= 0.3 is 0 Å². The second-order valence-electron chi connectivity index (χ2n) is 8.07. The van der Waals surface area contributed by atoms with Crippen molar-refractivity contribution in [1.82, 2.24) is 4.90 Å². The molecule has 2 aromatic carbocycles. The summed E-state index contributed by atoms with van der Waals surface area (Å²) in [5.74, 6) is 0.113. The fourth-order valence-electron chi connectivity index (χ4n) is 3.57. The molecule has 0 saturated carbocycles. The minimum atomic E-state index is -0.645. The summed E-state index contributed by atoms with van der Waals surface area (Å²) in [5.41, 5.74) is 2.01. The van der Waals surface area contributed by atoms with Crippen molar-refractivity contribution in [3.05, 3.63) is 94.8 Å². The van der Waals surface area contributed by atoms with E-state index in [0.717, 1.165) is 17.3 Å². The first-order valence-electron chi connectivity index (χ1n) is 11.3. The molecule has 1 fully saturated rings. The van der Waals surface area contributed by atoms with Crippen molar-refractivity contribution in [3.63, 3.8) is 0 Å². The molecule has 0 aliphatic carbocycles. The number of nitrogens with zero attached hydrogens (tertiary/aromatic N) is 4. The average Bonchev–Trinajstić information content (AvgIpc) is 3.46. The molecule has 2 amide bonds. The highest BCUT2D eigenvalue weighted by atomic mass is 32.2. The van der Waals surface area contributed by atoms with Gasteiger partial charge in [-0.15, -0.1) is 11.7 Å². The zero-order valence-corrected chi connectivity index (χ0v) is 20.7. The Kier molecular flexibility index (Phi) is 7.94. The lowest BCUT2D eigenvalue weighted by atomic mass is 10.1. The summed E-state index contributed by atoms with van der Waals surface area (Å²) in [7, 11) is 0. The number of nitro benzene ring substituents is 1. The van der Waals surface area contributed by atoms with Crippen LogP contribution in [0.3, 0.4) is 0 Å². The summed E-state index contributed by atoms with van der Waals surface area (Å²) >= 11 is 1.15. The molecule has 0 spiro atoms. The molecule has 188 valence electrons. The average molecular weight is 518 g/mol. The predicted octanol–water partition coefficient (Wildman–Crippen LogP) is 5.01. The smallest absolute Gasteiger partial charge is 0.280 e. The second kappa shape index (κ2) is 11.5. The Bertz CT molecular complexity index is 1400. The van der Waals surface area contributed by atoms with Crippen LogP contribution in [-0.4, -0.2) is 44.8 Å². The largest absolute Gasteiger partial charge is 0.455 e. The summed E-state index contributed by atoms with van der Waals surface area (Å²) < 4.78 is 5.68. The van der Waals surface area contributed by atoms with Crippen molar-refractivity contribution in [2.75, 3.05) is 11.9 Å². The third-order valence-electron chi connectivity index (χ3n) is 5.36. The van der Waals surface area contributed by atoms with Gasteiger partial charge in [0.05, 0.1) is 16.7 Å². The van der Waals surface area contributed by atoms with Gasteiger partial charge < -0.3 is 9.73 Å². The lowest BCUT2D eigenvalue weighted by molar-refractivity contribution is -0.384. The first kappa shape index (κ1) is 25.6. The summed E-state index contributed by atoms with van der Waals surface area (Å²) in [6.45, 7) is 5.86. The molecule has 0 bridgehead atoms. The summed E-state index contributed by atoms with van der Waals surface area (Å²) in [4.78, 5) is 37.6. The number of hydrogen-bond acceptors (Lipinski definition) is 8. The van der Waals surface area contributed by atoms with Crippen LogP contribution in [0.5, 0.6) is 0 Å². The molecule has 1 atom stereocenters. The van der Waals surface area contributed by atoms with Gasteiger partial charge in [-0.3, -0.25) is 24.6 Å². The maximum absolute atomic E-state index is 12.9. The molecule has 1 N–H and O–H groups in total. The van der Waals surface area contributed by atoms with Gasteiger partial charge in [-0.05, 0) is 37.3 Å². The van der Waals surface area contributed by atoms with Crippen LogP contribution in [0.1, 0.15) is 17.7 Å². The van der Waals surface area contributed by atoms with E-state index in [1.165, 1.54) is 17.2 Å². The zero-order valence-electron chi connectivity index (χ0n) is 19.9. The van der Waals surface area contributed by atoms with E-state index in [-0.39, 0.29) is 30.5 Å². The first-order valence-corrected chi connectivity index (χ1v) is 12.1. The molecule has 10 nitrogen and oxygen atoms in total. The molecule has 4 rings (SSSR count). The minimum Gasteiger partial charge on any atom is -0.455 e. The topological polar surface area (TPSA) is 130 Å². The number of carbonyl (C=O) groups is 2. The number of furan rings is 1. The maximum Gasteiger partial charge on any atom is 0.280 e. The molecule has 11 heteroatoms. The molecular formula is C26H23N5O5S. The minimum absolute atomic E-state index is 0.0227. The number of nitro groups is 1. The van der Waals surface area contributed by atoms with Gasteiger partial charge in [0, 0.05) is 24.7 Å². The van der Waals surface area contributed by atoms with Gasteiger partial charge in [0.2, 0.25) is 11.8 Å². The van der Waals surface area contributed by atoms with Crippen LogP contribution >= 0.6 is 11.8 Å². The number of nitrogens with one attached hydrogen (secondary N) is 1. The van der Waals surface area contributed by atoms with E-state index in [0.29, 0.717) is 27.9 Å². The standard InChI is InChI=1S/C26H23N5O5S/c1-3-14-30-25(33)23(15-24(32)28-18-10-8-17(2)9-11-18)37-26(30)29-27-16-19-12-13-22(36-19)20-6-4-5-7-21(20)31(34)35/h3-13,16,23H,1,14-15H2,2H3,(H,28,32)/b27-16+,29-26-. The Morgan fingerprint density at radius 3 is 2.70 bits per heavy atom. The monoisotopic (exact) mass is 517 g/mol. The summed E-state index contributed by atoms with van der Waals surface area (Å²) in [6, 6.07) is 16.9. The van der Waals surface area contributed by atoms with E-state index >= 15 is 0 Å². The van der Waals surface area contributed by atoms with E-state index in [2.05, 4.69) is 22.1 Å². The van der Waals surface area contributed by atoms with Crippen LogP contribution in [0.2, 0.25) is 0 Å². The molecule has 1 aromatic heterocycles. The Morgan fingerprint density at radius 2 is 1.97 bits per heavy atom. The number of amidine groups is 1. The van der Waals surface area contributed by atoms with Crippen LogP contribution in [0.25, 0.3) is 11.3 Å². The van der Waals surface area contributed by atoms with Gasteiger partial charge in [0.25, 0.3) is 5.69 Å². The fourth-order valence-corrected chi connectivity index (χ4v) is 4.68. The fraction of sp³-hybridized carbons (Fsp3) is 0.154. The summed E-state index contributed by atoms with van der Waals surface area (Å²) in [6.07, 6.45) is 2.89. The maximum atomic E-state index is 12.9. The van der Waals surface area contributed by atoms with Gasteiger partial charge in [0.15, 0.2) is 5.17 Å². The van der Waals surface area contributed by atoms with E-state index in [1.54, 1.807) is 48.5 Å². The van der Waals surface area contributed by atoms with Crippen molar-refractivity contribution in [2.24, 2.45) is 10.2 Å².